The zero-order chi connectivity index (χ0) is 10.2. The molecule has 0 spiro atoms. The van der Waals surface area contributed by atoms with Crippen molar-refractivity contribution < 1.29 is 0 Å². The van der Waals surface area contributed by atoms with Crippen molar-refractivity contribution in [3.8, 4) is 0 Å². The number of hydrogen-bond donors (Lipinski definition) is 2. The third-order valence-electron chi connectivity index (χ3n) is 3.00. The summed E-state index contributed by atoms with van der Waals surface area (Å²) in [4.78, 5) is 11.4. The average Bonchev–Trinajstić information content (AvgIpc) is 2.84. The molecule has 0 saturated heterocycles. The Morgan fingerprint density at radius 2 is 2.21 bits per heavy atom. The first-order valence-electron chi connectivity index (χ1n) is 5.04. The van der Waals surface area contributed by atoms with Gasteiger partial charge in [0.05, 0.1) is 0 Å². The zero-order valence-corrected chi connectivity index (χ0v) is 9.12. The van der Waals surface area contributed by atoms with Crippen molar-refractivity contribution >= 4 is 12.2 Å². The van der Waals surface area contributed by atoms with Crippen LogP contribution in [0, 0.1) is 10.2 Å². The molecule has 1 fully saturated rings. The van der Waals surface area contributed by atoms with Gasteiger partial charge in [0, 0.05) is 6.54 Å². The van der Waals surface area contributed by atoms with E-state index in [2.05, 4.69) is 17.1 Å². The van der Waals surface area contributed by atoms with Crippen LogP contribution in [0.5, 0.6) is 0 Å². The first-order chi connectivity index (χ1) is 6.67. The molecule has 1 aromatic heterocycles. The summed E-state index contributed by atoms with van der Waals surface area (Å²) >= 11 is 5.03. The minimum Gasteiger partial charge on any atom is -0.272 e. The van der Waals surface area contributed by atoms with Crippen LogP contribution in [0.2, 0.25) is 0 Å². The molecule has 1 aliphatic carbocycles. The van der Waals surface area contributed by atoms with Crippen LogP contribution in [-0.4, -0.2) is 14.8 Å². The van der Waals surface area contributed by atoms with Crippen LogP contribution in [0.4, 0.5) is 0 Å². The smallest absolute Gasteiger partial charge is 0.272 e. The molecule has 0 amide bonds. The van der Waals surface area contributed by atoms with E-state index in [0.717, 1.165) is 6.54 Å². The Morgan fingerprint density at radius 1 is 1.50 bits per heavy atom. The number of rotatable bonds is 4. The Kier molecular flexibility index (Phi) is 2.34. The number of H-pyrrole nitrogens is 2. The first kappa shape index (κ1) is 9.71. The Labute approximate surface area is 87.3 Å². The molecule has 14 heavy (non-hydrogen) atoms. The Bertz CT molecular complexity index is 396. The van der Waals surface area contributed by atoms with E-state index < -0.39 is 0 Å². The molecule has 4 nitrogen and oxygen atoms in total. The van der Waals surface area contributed by atoms with Crippen LogP contribution in [-0.2, 0) is 6.54 Å². The molecular formula is C9H15N3OS. The molecule has 5 heteroatoms. The predicted molar refractivity (Wildman–Crippen MR) is 56.8 cm³/mol. The third kappa shape index (κ3) is 1.68. The summed E-state index contributed by atoms with van der Waals surface area (Å²) in [6, 6.07) is 0. The summed E-state index contributed by atoms with van der Waals surface area (Å²) < 4.78 is 2.15. The molecule has 0 radical (unpaired) electrons. The molecule has 0 aliphatic heterocycles. The van der Waals surface area contributed by atoms with Crippen molar-refractivity contribution in [3.63, 3.8) is 0 Å². The van der Waals surface area contributed by atoms with E-state index in [9.17, 15) is 4.79 Å². The van der Waals surface area contributed by atoms with Gasteiger partial charge in [0.2, 0.25) is 0 Å². The largest absolute Gasteiger partial charge is 0.342 e. The quantitative estimate of drug-likeness (QED) is 0.749. The van der Waals surface area contributed by atoms with Gasteiger partial charge in [0.25, 0.3) is 0 Å². The number of aromatic nitrogens is 3. The predicted octanol–water partition coefficient (Wildman–Crippen LogP) is 1.81. The molecule has 0 unspecified atom stereocenters. The van der Waals surface area contributed by atoms with Crippen molar-refractivity contribution in [1.29, 1.82) is 0 Å². The lowest BCUT2D eigenvalue weighted by Gasteiger charge is -2.12. The Balaban J connectivity index is 2.19. The Morgan fingerprint density at radius 3 is 2.64 bits per heavy atom. The minimum atomic E-state index is -0.114. The molecule has 0 aromatic carbocycles. The highest BCUT2D eigenvalue weighted by molar-refractivity contribution is 7.71. The van der Waals surface area contributed by atoms with Gasteiger partial charge in [-0.15, -0.1) is 0 Å². The van der Waals surface area contributed by atoms with E-state index in [0.29, 0.717) is 10.2 Å². The van der Waals surface area contributed by atoms with Crippen LogP contribution in [0.25, 0.3) is 0 Å². The maximum Gasteiger partial charge on any atom is 0.342 e. The second kappa shape index (κ2) is 3.38. The first-order valence-corrected chi connectivity index (χ1v) is 5.45. The summed E-state index contributed by atoms with van der Waals surface area (Å²) in [6.07, 6.45) is 4.83. The number of nitrogens with one attached hydrogen (secondary N) is 2. The molecule has 1 aliphatic rings. The monoisotopic (exact) mass is 213 g/mol. The van der Waals surface area contributed by atoms with Crippen molar-refractivity contribution in [2.24, 2.45) is 5.41 Å². The number of nitrogens with zero attached hydrogens (tertiary/aromatic N) is 1. The third-order valence-corrected chi connectivity index (χ3v) is 3.32. The Hall–Kier alpha value is -0.840. The molecule has 1 saturated carbocycles. The van der Waals surface area contributed by atoms with Crippen LogP contribution < -0.4 is 5.69 Å². The van der Waals surface area contributed by atoms with E-state index in [4.69, 9.17) is 12.2 Å². The van der Waals surface area contributed by atoms with Crippen molar-refractivity contribution in [2.75, 3.05) is 0 Å². The highest BCUT2D eigenvalue weighted by atomic mass is 32.1. The fourth-order valence-corrected chi connectivity index (χ4v) is 2.21. The lowest BCUT2D eigenvalue weighted by molar-refractivity contribution is 0.380. The van der Waals surface area contributed by atoms with Crippen molar-refractivity contribution in [2.45, 2.75) is 39.2 Å². The lowest BCUT2D eigenvalue weighted by Crippen LogP contribution is -2.22. The lowest BCUT2D eigenvalue weighted by atomic mass is 10.0. The van der Waals surface area contributed by atoms with Gasteiger partial charge in [-0.2, -0.15) is 0 Å². The van der Waals surface area contributed by atoms with E-state index in [-0.39, 0.29) is 5.69 Å². The van der Waals surface area contributed by atoms with Gasteiger partial charge in [-0.1, -0.05) is 13.3 Å². The molecule has 1 aromatic rings. The van der Waals surface area contributed by atoms with Crippen molar-refractivity contribution in [3.05, 3.63) is 15.3 Å². The molecule has 0 bridgehead atoms. The number of hydrogen-bond acceptors (Lipinski definition) is 2. The maximum atomic E-state index is 11.4. The van der Waals surface area contributed by atoms with Gasteiger partial charge in [-0.25, -0.2) is 9.89 Å². The standard InChI is InChI=1S/C9H15N3OS/c1-2-3-9(4-5-9)6-12-7(13)10-11-8(12)14/h2-6H2,1H3,(H,10,13)(H,11,14). The fraction of sp³-hybridized carbons (Fsp3) is 0.778. The van der Waals surface area contributed by atoms with Gasteiger partial charge in [0.15, 0.2) is 4.77 Å². The summed E-state index contributed by atoms with van der Waals surface area (Å²) in [5.41, 5.74) is 0.250. The normalized spacial score (nSPS) is 18.4. The molecule has 2 N–H and O–H groups in total. The van der Waals surface area contributed by atoms with Crippen LogP contribution in [0.15, 0.2) is 4.79 Å². The molecule has 2 rings (SSSR count). The summed E-state index contributed by atoms with van der Waals surface area (Å²) in [5, 5.41) is 5.18. The second-order valence-electron chi connectivity index (χ2n) is 4.20. The fourth-order valence-electron chi connectivity index (χ4n) is 2.01. The van der Waals surface area contributed by atoms with E-state index in [1.54, 1.807) is 4.57 Å². The molecule has 78 valence electrons. The zero-order valence-electron chi connectivity index (χ0n) is 8.30. The summed E-state index contributed by atoms with van der Waals surface area (Å²) in [7, 11) is 0. The van der Waals surface area contributed by atoms with Crippen LogP contribution in [0.3, 0.4) is 0 Å². The van der Waals surface area contributed by atoms with Gasteiger partial charge < -0.3 is 0 Å². The highest BCUT2D eigenvalue weighted by Gasteiger charge is 2.42. The molecular weight excluding hydrogens is 198 g/mol. The topological polar surface area (TPSA) is 53.6 Å². The number of aromatic amines is 2. The second-order valence-corrected chi connectivity index (χ2v) is 4.58. The molecule has 1 heterocycles. The van der Waals surface area contributed by atoms with Gasteiger partial charge in [-0.05, 0) is 36.9 Å². The maximum absolute atomic E-state index is 11.4. The van der Waals surface area contributed by atoms with Gasteiger partial charge >= 0.3 is 5.69 Å². The average molecular weight is 213 g/mol. The summed E-state index contributed by atoms with van der Waals surface area (Å²) in [5.74, 6) is 0. The van der Waals surface area contributed by atoms with E-state index in [1.807, 2.05) is 0 Å². The van der Waals surface area contributed by atoms with E-state index in [1.165, 1.54) is 25.7 Å². The summed E-state index contributed by atoms with van der Waals surface area (Å²) in [6.45, 7) is 2.96. The van der Waals surface area contributed by atoms with Crippen LogP contribution >= 0.6 is 12.2 Å². The van der Waals surface area contributed by atoms with Gasteiger partial charge in [0.1, 0.15) is 0 Å². The van der Waals surface area contributed by atoms with Crippen LogP contribution in [0.1, 0.15) is 32.6 Å². The molecule has 0 atom stereocenters. The minimum absolute atomic E-state index is 0.114. The SMILES string of the molecule is CCCC1(Cn2c(=O)[nH][nH]c2=S)CC1. The highest BCUT2D eigenvalue weighted by Crippen LogP contribution is 2.50. The van der Waals surface area contributed by atoms with E-state index >= 15 is 0 Å². The van der Waals surface area contributed by atoms with Crippen molar-refractivity contribution in [1.82, 2.24) is 14.8 Å². The van der Waals surface area contributed by atoms with Gasteiger partial charge in [-0.3, -0.25) is 9.67 Å².